The number of aliphatic hydroxyl groups is 1. The Morgan fingerprint density at radius 3 is 2.65 bits per heavy atom. The molecular weight excluding hydrogens is 290 g/mol. The first-order valence-electron chi connectivity index (χ1n) is 7.68. The minimum absolute atomic E-state index is 0.496. The SMILES string of the molecule is COc1cc(C=O)ccc1N1c2ccccc2CC(O)C1(C)C. The zero-order chi connectivity index (χ0) is 16.6. The molecule has 1 atom stereocenters. The Morgan fingerprint density at radius 1 is 1.22 bits per heavy atom. The molecule has 1 heterocycles. The summed E-state index contributed by atoms with van der Waals surface area (Å²) in [6.45, 7) is 4.03. The molecule has 1 unspecified atom stereocenters. The predicted molar refractivity (Wildman–Crippen MR) is 90.8 cm³/mol. The van der Waals surface area contributed by atoms with Crippen LogP contribution in [-0.2, 0) is 6.42 Å². The summed E-state index contributed by atoms with van der Waals surface area (Å²) in [5.74, 6) is 0.617. The number of carbonyl (C=O) groups excluding carboxylic acids is 1. The number of carbonyl (C=O) groups is 1. The molecule has 23 heavy (non-hydrogen) atoms. The Kier molecular flexibility index (Phi) is 3.86. The normalized spacial score (nSPS) is 19.1. The molecular formula is C19H21NO3. The zero-order valence-electron chi connectivity index (χ0n) is 13.6. The molecule has 4 heteroatoms. The van der Waals surface area contributed by atoms with Gasteiger partial charge in [0.2, 0.25) is 0 Å². The number of methoxy groups -OCH3 is 1. The van der Waals surface area contributed by atoms with Crippen LogP contribution in [0.1, 0.15) is 29.8 Å². The number of aldehydes is 1. The Balaban J connectivity index is 2.22. The summed E-state index contributed by atoms with van der Waals surface area (Å²) >= 11 is 0. The van der Waals surface area contributed by atoms with Gasteiger partial charge in [-0.25, -0.2) is 0 Å². The van der Waals surface area contributed by atoms with Crippen molar-refractivity contribution in [3.8, 4) is 5.75 Å². The number of hydrogen-bond donors (Lipinski definition) is 1. The van der Waals surface area contributed by atoms with Crippen LogP contribution in [0.15, 0.2) is 42.5 Å². The fourth-order valence-corrected chi connectivity index (χ4v) is 3.21. The molecule has 0 radical (unpaired) electrons. The number of nitrogens with zero attached hydrogens (tertiary/aromatic N) is 1. The molecule has 1 N–H and O–H groups in total. The summed E-state index contributed by atoms with van der Waals surface area (Å²) in [6, 6.07) is 13.4. The second-order valence-corrected chi connectivity index (χ2v) is 6.39. The van der Waals surface area contributed by atoms with Crippen LogP contribution >= 0.6 is 0 Å². The van der Waals surface area contributed by atoms with E-state index in [0.29, 0.717) is 17.7 Å². The van der Waals surface area contributed by atoms with Crippen LogP contribution in [0.4, 0.5) is 11.4 Å². The first-order valence-corrected chi connectivity index (χ1v) is 7.68. The first-order chi connectivity index (χ1) is 11.0. The molecule has 3 rings (SSSR count). The van der Waals surface area contributed by atoms with Crippen molar-refractivity contribution in [2.45, 2.75) is 31.9 Å². The minimum Gasteiger partial charge on any atom is -0.495 e. The highest BCUT2D eigenvalue weighted by Crippen LogP contribution is 2.45. The highest BCUT2D eigenvalue weighted by Gasteiger charge is 2.41. The lowest BCUT2D eigenvalue weighted by Gasteiger charge is -2.48. The summed E-state index contributed by atoms with van der Waals surface area (Å²) < 4.78 is 5.50. The molecule has 0 amide bonds. The third-order valence-electron chi connectivity index (χ3n) is 4.62. The molecule has 1 aliphatic heterocycles. The zero-order valence-corrected chi connectivity index (χ0v) is 13.6. The van der Waals surface area contributed by atoms with Crippen molar-refractivity contribution in [3.05, 3.63) is 53.6 Å². The summed E-state index contributed by atoms with van der Waals surface area (Å²) in [7, 11) is 1.59. The van der Waals surface area contributed by atoms with Crippen LogP contribution in [0.3, 0.4) is 0 Å². The maximum absolute atomic E-state index is 11.0. The van der Waals surface area contributed by atoms with Gasteiger partial charge in [0.15, 0.2) is 0 Å². The highest BCUT2D eigenvalue weighted by molar-refractivity contribution is 5.81. The molecule has 0 spiro atoms. The topological polar surface area (TPSA) is 49.8 Å². The molecule has 120 valence electrons. The molecule has 0 fully saturated rings. The average Bonchev–Trinajstić information content (AvgIpc) is 2.55. The van der Waals surface area contributed by atoms with E-state index in [9.17, 15) is 9.90 Å². The molecule has 0 aliphatic carbocycles. The van der Waals surface area contributed by atoms with E-state index in [1.54, 1.807) is 19.2 Å². The second kappa shape index (κ2) is 5.70. The van der Waals surface area contributed by atoms with Crippen molar-refractivity contribution in [1.29, 1.82) is 0 Å². The third kappa shape index (κ3) is 2.49. The van der Waals surface area contributed by atoms with E-state index in [1.165, 1.54) is 0 Å². The lowest BCUT2D eigenvalue weighted by atomic mass is 9.83. The smallest absolute Gasteiger partial charge is 0.150 e. The van der Waals surface area contributed by atoms with E-state index in [0.717, 1.165) is 23.2 Å². The standard InChI is InChI=1S/C19H21NO3/c1-19(2)18(22)11-14-6-4-5-7-15(14)20(19)16-9-8-13(12-21)10-17(16)23-3/h4-10,12,18,22H,11H2,1-3H3. The summed E-state index contributed by atoms with van der Waals surface area (Å²) in [5.41, 5.74) is 3.06. The van der Waals surface area contributed by atoms with E-state index >= 15 is 0 Å². The molecule has 2 aromatic rings. The van der Waals surface area contributed by atoms with Gasteiger partial charge in [0.05, 0.1) is 24.4 Å². The van der Waals surface area contributed by atoms with Gasteiger partial charge in [0.25, 0.3) is 0 Å². The van der Waals surface area contributed by atoms with Crippen LogP contribution in [0.25, 0.3) is 0 Å². The number of ether oxygens (including phenoxy) is 1. The maximum atomic E-state index is 11.0. The Hall–Kier alpha value is -2.33. The summed E-state index contributed by atoms with van der Waals surface area (Å²) in [4.78, 5) is 13.1. The van der Waals surface area contributed by atoms with Crippen LogP contribution in [0, 0.1) is 0 Å². The number of anilines is 2. The van der Waals surface area contributed by atoms with Crippen molar-refractivity contribution in [3.63, 3.8) is 0 Å². The van der Waals surface area contributed by atoms with Crippen LogP contribution in [-0.4, -0.2) is 30.1 Å². The van der Waals surface area contributed by atoms with Gasteiger partial charge in [0.1, 0.15) is 12.0 Å². The number of fused-ring (bicyclic) bond motifs is 1. The van der Waals surface area contributed by atoms with E-state index in [1.807, 2.05) is 38.1 Å². The van der Waals surface area contributed by atoms with Gasteiger partial charge in [0, 0.05) is 17.7 Å². The van der Waals surface area contributed by atoms with Gasteiger partial charge in [-0.3, -0.25) is 4.79 Å². The molecule has 1 aliphatic rings. The number of aliphatic hydroxyl groups excluding tert-OH is 1. The van der Waals surface area contributed by atoms with Crippen LogP contribution in [0.5, 0.6) is 5.75 Å². The van der Waals surface area contributed by atoms with Gasteiger partial charge in [-0.05, 0) is 43.7 Å². The lowest BCUT2D eigenvalue weighted by Crippen LogP contribution is -2.54. The van der Waals surface area contributed by atoms with Crippen molar-refractivity contribution < 1.29 is 14.6 Å². The Bertz CT molecular complexity index is 739. The van der Waals surface area contributed by atoms with E-state index in [-0.39, 0.29) is 0 Å². The number of para-hydroxylation sites is 1. The molecule has 2 aromatic carbocycles. The van der Waals surface area contributed by atoms with E-state index in [4.69, 9.17) is 4.74 Å². The van der Waals surface area contributed by atoms with Gasteiger partial charge < -0.3 is 14.7 Å². The molecule has 0 bridgehead atoms. The predicted octanol–water partition coefficient (Wildman–Crippen LogP) is 3.34. The molecule has 0 saturated carbocycles. The quantitative estimate of drug-likeness (QED) is 0.883. The highest BCUT2D eigenvalue weighted by atomic mass is 16.5. The van der Waals surface area contributed by atoms with E-state index in [2.05, 4.69) is 11.0 Å². The fraction of sp³-hybridized carbons (Fsp3) is 0.316. The van der Waals surface area contributed by atoms with Crippen LogP contribution in [0.2, 0.25) is 0 Å². The Morgan fingerprint density at radius 2 is 1.96 bits per heavy atom. The number of benzene rings is 2. The van der Waals surface area contributed by atoms with Gasteiger partial charge >= 0.3 is 0 Å². The number of rotatable bonds is 3. The largest absolute Gasteiger partial charge is 0.495 e. The molecule has 0 saturated heterocycles. The second-order valence-electron chi connectivity index (χ2n) is 6.39. The van der Waals surface area contributed by atoms with Crippen molar-refractivity contribution >= 4 is 17.7 Å². The van der Waals surface area contributed by atoms with Crippen molar-refractivity contribution in [2.24, 2.45) is 0 Å². The summed E-state index contributed by atoms with van der Waals surface area (Å²) in [5, 5.41) is 10.6. The number of hydrogen-bond acceptors (Lipinski definition) is 4. The minimum atomic E-state index is -0.507. The molecule has 0 aromatic heterocycles. The maximum Gasteiger partial charge on any atom is 0.150 e. The van der Waals surface area contributed by atoms with Crippen molar-refractivity contribution in [2.75, 3.05) is 12.0 Å². The van der Waals surface area contributed by atoms with Gasteiger partial charge in [-0.1, -0.05) is 18.2 Å². The lowest BCUT2D eigenvalue weighted by molar-refractivity contribution is 0.0976. The third-order valence-corrected chi connectivity index (χ3v) is 4.62. The monoisotopic (exact) mass is 311 g/mol. The Labute approximate surface area is 136 Å². The van der Waals surface area contributed by atoms with E-state index < -0.39 is 11.6 Å². The van der Waals surface area contributed by atoms with Crippen molar-refractivity contribution in [1.82, 2.24) is 0 Å². The molecule has 4 nitrogen and oxygen atoms in total. The van der Waals surface area contributed by atoms with Gasteiger partial charge in [-0.15, -0.1) is 0 Å². The summed E-state index contributed by atoms with van der Waals surface area (Å²) in [6.07, 6.45) is 0.915. The fourth-order valence-electron chi connectivity index (χ4n) is 3.21. The van der Waals surface area contributed by atoms with Gasteiger partial charge in [-0.2, -0.15) is 0 Å². The average molecular weight is 311 g/mol. The first kappa shape index (κ1) is 15.6. The van der Waals surface area contributed by atoms with Crippen LogP contribution < -0.4 is 9.64 Å².